The molecule has 1 N–H and O–H groups in total. The first-order chi connectivity index (χ1) is 4.65. The maximum atomic E-state index is 3.33. The van der Waals surface area contributed by atoms with Crippen molar-refractivity contribution in [1.82, 2.24) is 5.32 Å². The zero-order chi connectivity index (χ0) is 7.61. The average molecular weight is 137 g/mol. The number of hydrogen-bond donors (Lipinski definition) is 1. The lowest BCUT2D eigenvalue weighted by atomic mass is 9.87. The van der Waals surface area contributed by atoms with Crippen molar-refractivity contribution in [2.24, 2.45) is 5.92 Å². The van der Waals surface area contributed by atoms with E-state index in [-0.39, 0.29) is 5.54 Å². The maximum Gasteiger partial charge on any atom is 0.0548 e. The molecule has 56 valence electrons. The van der Waals surface area contributed by atoms with Gasteiger partial charge < -0.3 is 5.32 Å². The quantitative estimate of drug-likeness (QED) is 0.583. The van der Waals surface area contributed by atoms with Crippen molar-refractivity contribution in [3.8, 4) is 0 Å². The van der Waals surface area contributed by atoms with Crippen LogP contribution in [0, 0.1) is 5.92 Å². The molecular formula is C9H15N. The van der Waals surface area contributed by atoms with Gasteiger partial charge in [0.1, 0.15) is 0 Å². The summed E-state index contributed by atoms with van der Waals surface area (Å²) in [5.41, 5.74) is 0.161. The Kier molecular flexibility index (Phi) is 1.84. The van der Waals surface area contributed by atoms with Crippen molar-refractivity contribution in [2.45, 2.75) is 26.3 Å². The molecule has 0 saturated carbocycles. The van der Waals surface area contributed by atoms with Crippen molar-refractivity contribution < 1.29 is 0 Å². The standard InChI is InChI=1S/C9H15N/c1-8(2)9(3)6-4-5-7-10-9/h4-8,10H,1-3H3. The molecule has 1 unspecified atom stereocenters. The van der Waals surface area contributed by atoms with Gasteiger partial charge in [0, 0.05) is 0 Å². The Balaban J connectivity index is 2.70. The molecule has 0 aromatic carbocycles. The van der Waals surface area contributed by atoms with E-state index in [1.54, 1.807) is 0 Å². The predicted octanol–water partition coefficient (Wildman–Crippen LogP) is 2.07. The monoisotopic (exact) mass is 137 g/mol. The molecule has 0 bridgehead atoms. The molecule has 1 atom stereocenters. The van der Waals surface area contributed by atoms with E-state index in [1.165, 1.54) is 0 Å². The van der Waals surface area contributed by atoms with E-state index >= 15 is 0 Å². The summed E-state index contributed by atoms with van der Waals surface area (Å²) in [6, 6.07) is 0. The summed E-state index contributed by atoms with van der Waals surface area (Å²) in [6.07, 6.45) is 8.32. The van der Waals surface area contributed by atoms with E-state index in [0.717, 1.165) is 0 Å². The number of allylic oxidation sites excluding steroid dienone is 2. The normalized spacial score (nSPS) is 30.8. The van der Waals surface area contributed by atoms with Crippen LogP contribution in [0.1, 0.15) is 20.8 Å². The molecule has 1 aliphatic heterocycles. The first-order valence-electron chi connectivity index (χ1n) is 3.77. The van der Waals surface area contributed by atoms with Crippen LogP contribution in [0.2, 0.25) is 0 Å². The van der Waals surface area contributed by atoms with Crippen LogP contribution in [0.25, 0.3) is 0 Å². The second-order valence-corrected chi connectivity index (χ2v) is 3.30. The highest BCUT2D eigenvalue weighted by Gasteiger charge is 2.23. The molecule has 0 aromatic heterocycles. The lowest BCUT2D eigenvalue weighted by molar-refractivity contribution is 0.363. The molecule has 1 heteroatoms. The number of hydrogen-bond acceptors (Lipinski definition) is 1. The SMILES string of the molecule is CC(C)C1(C)C=CC=CN1. The summed E-state index contributed by atoms with van der Waals surface area (Å²) in [4.78, 5) is 0. The summed E-state index contributed by atoms with van der Waals surface area (Å²) in [5.74, 6) is 0.633. The van der Waals surface area contributed by atoms with Crippen LogP contribution in [0.3, 0.4) is 0 Å². The highest BCUT2D eigenvalue weighted by Crippen LogP contribution is 2.19. The zero-order valence-electron chi connectivity index (χ0n) is 6.89. The topological polar surface area (TPSA) is 12.0 Å². The summed E-state index contributed by atoms with van der Waals surface area (Å²) in [5, 5.41) is 3.33. The minimum absolute atomic E-state index is 0.161. The molecule has 0 fully saturated rings. The Morgan fingerprint density at radius 3 is 2.30 bits per heavy atom. The Labute approximate surface area is 62.8 Å². The molecule has 1 aliphatic rings. The lowest BCUT2D eigenvalue weighted by Gasteiger charge is -2.32. The van der Waals surface area contributed by atoms with Gasteiger partial charge in [0.05, 0.1) is 5.54 Å². The van der Waals surface area contributed by atoms with Gasteiger partial charge >= 0.3 is 0 Å². The zero-order valence-corrected chi connectivity index (χ0v) is 6.89. The minimum atomic E-state index is 0.161. The van der Waals surface area contributed by atoms with Gasteiger partial charge in [-0.2, -0.15) is 0 Å². The molecule has 0 aliphatic carbocycles. The molecule has 1 rings (SSSR count). The third-order valence-electron chi connectivity index (χ3n) is 2.24. The molecule has 0 aromatic rings. The van der Waals surface area contributed by atoms with Gasteiger partial charge in [-0.3, -0.25) is 0 Å². The number of nitrogens with one attached hydrogen (secondary N) is 1. The average Bonchev–Trinajstić information content (AvgIpc) is 1.89. The van der Waals surface area contributed by atoms with Gasteiger partial charge in [0.15, 0.2) is 0 Å². The third-order valence-corrected chi connectivity index (χ3v) is 2.24. The summed E-state index contributed by atoms with van der Waals surface area (Å²) in [6.45, 7) is 6.64. The Morgan fingerprint density at radius 2 is 2.00 bits per heavy atom. The van der Waals surface area contributed by atoms with E-state index < -0.39 is 0 Å². The van der Waals surface area contributed by atoms with E-state index in [4.69, 9.17) is 0 Å². The van der Waals surface area contributed by atoms with Crippen molar-refractivity contribution in [1.29, 1.82) is 0 Å². The molecule has 0 radical (unpaired) electrons. The number of rotatable bonds is 1. The fourth-order valence-corrected chi connectivity index (χ4v) is 0.946. The minimum Gasteiger partial charge on any atom is -0.382 e. The smallest absolute Gasteiger partial charge is 0.0548 e. The summed E-state index contributed by atoms with van der Waals surface area (Å²) < 4.78 is 0. The Morgan fingerprint density at radius 1 is 1.30 bits per heavy atom. The molecule has 0 amide bonds. The van der Waals surface area contributed by atoms with Crippen molar-refractivity contribution in [3.05, 3.63) is 24.4 Å². The van der Waals surface area contributed by atoms with Crippen molar-refractivity contribution >= 4 is 0 Å². The van der Waals surface area contributed by atoms with Gasteiger partial charge in [0.2, 0.25) is 0 Å². The van der Waals surface area contributed by atoms with Crippen LogP contribution in [0.5, 0.6) is 0 Å². The first-order valence-corrected chi connectivity index (χ1v) is 3.77. The van der Waals surface area contributed by atoms with Crippen molar-refractivity contribution in [3.63, 3.8) is 0 Å². The van der Waals surface area contributed by atoms with Crippen LogP contribution in [-0.4, -0.2) is 5.54 Å². The predicted molar refractivity (Wildman–Crippen MR) is 44.7 cm³/mol. The van der Waals surface area contributed by atoms with E-state index in [2.05, 4.69) is 38.2 Å². The van der Waals surface area contributed by atoms with Gasteiger partial charge in [-0.15, -0.1) is 0 Å². The molecule has 0 spiro atoms. The van der Waals surface area contributed by atoms with Crippen LogP contribution < -0.4 is 5.32 Å². The fourth-order valence-electron chi connectivity index (χ4n) is 0.946. The molecule has 0 saturated heterocycles. The summed E-state index contributed by atoms with van der Waals surface area (Å²) in [7, 11) is 0. The van der Waals surface area contributed by atoms with E-state index in [0.29, 0.717) is 5.92 Å². The molecule has 10 heavy (non-hydrogen) atoms. The fraction of sp³-hybridized carbons (Fsp3) is 0.556. The van der Waals surface area contributed by atoms with Crippen LogP contribution in [-0.2, 0) is 0 Å². The third kappa shape index (κ3) is 1.23. The lowest BCUT2D eigenvalue weighted by Crippen LogP contribution is -2.42. The van der Waals surface area contributed by atoms with Crippen molar-refractivity contribution in [2.75, 3.05) is 0 Å². The highest BCUT2D eigenvalue weighted by molar-refractivity contribution is 5.18. The second-order valence-electron chi connectivity index (χ2n) is 3.30. The first kappa shape index (κ1) is 7.39. The molecule has 1 heterocycles. The molecular weight excluding hydrogens is 122 g/mol. The van der Waals surface area contributed by atoms with Crippen LogP contribution in [0.4, 0.5) is 0 Å². The second kappa shape index (κ2) is 2.49. The number of dihydropyridines is 1. The molecule has 1 nitrogen and oxygen atoms in total. The largest absolute Gasteiger partial charge is 0.382 e. The van der Waals surface area contributed by atoms with Gasteiger partial charge in [-0.05, 0) is 25.1 Å². The van der Waals surface area contributed by atoms with Gasteiger partial charge in [0.25, 0.3) is 0 Å². The Bertz CT molecular complexity index is 168. The van der Waals surface area contributed by atoms with Gasteiger partial charge in [-0.25, -0.2) is 0 Å². The Hall–Kier alpha value is -0.720. The van der Waals surface area contributed by atoms with E-state index in [9.17, 15) is 0 Å². The van der Waals surface area contributed by atoms with Gasteiger partial charge in [-0.1, -0.05) is 26.0 Å². The highest BCUT2D eigenvalue weighted by atomic mass is 14.9. The van der Waals surface area contributed by atoms with E-state index in [1.807, 2.05) is 12.3 Å². The maximum absolute atomic E-state index is 3.33. The summed E-state index contributed by atoms with van der Waals surface area (Å²) >= 11 is 0. The van der Waals surface area contributed by atoms with Crippen LogP contribution >= 0.6 is 0 Å². The van der Waals surface area contributed by atoms with Crippen LogP contribution in [0.15, 0.2) is 24.4 Å².